The van der Waals surface area contributed by atoms with Crippen LogP contribution in [0.2, 0.25) is 0 Å². The minimum absolute atomic E-state index is 0.00131. The smallest absolute Gasteiger partial charge is 0.312 e. The van der Waals surface area contributed by atoms with Crippen LogP contribution in [-0.2, 0) is 16.6 Å². The van der Waals surface area contributed by atoms with Gasteiger partial charge in [0.25, 0.3) is 15.9 Å². The van der Waals surface area contributed by atoms with Crippen LogP contribution in [0.4, 0.5) is 21.6 Å². The zero-order valence-corrected chi connectivity index (χ0v) is 45.9. The predicted octanol–water partition coefficient (Wildman–Crippen LogP) is 10.2. The maximum atomic E-state index is 14.8. The lowest BCUT2D eigenvalue weighted by molar-refractivity contribution is -0.384. The molecule has 21 heteroatoms. The van der Waals surface area contributed by atoms with E-state index in [0.29, 0.717) is 67.1 Å². The third kappa shape index (κ3) is 11.1. The minimum Gasteiger partial charge on any atom is -0.493 e. The highest BCUT2D eigenvalue weighted by atomic mass is 32.2. The Balaban J connectivity index is 0.790. The zero-order valence-electron chi connectivity index (χ0n) is 45.1. The minimum atomic E-state index is -4.72. The lowest BCUT2D eigenvalue weighted by atomic mass is 9.59. The van der Waals surface area contributed by atoms with Crippen molar-refractivity contribution in [3.63, 3.8) is 0 Å². The molecule has 6 heterocycles. The first-order valence-electron chi connectivity index (χ1n) is 27.2. The van der Waals surface area contributed by atoms with Gasteiger partial charge in [0.15, 0.2) is 17.2 Å². The molecule has 0 radical (unpaired) electrons. The fourth-order valence-corrected chi connectivity index (χ4v) is 13.4. The van der Waals surface area contributed by atoms with Gasteiger partial charge in [0.1, 0.15) is 33.4 Å². The number of carbonyl (C=O) groups is 1. The molecule has 11 rings (SSSR count). The van der Waals surface area contributed by atoms with Crippen molar-refractivity contribution in [2.75, 3.05) is 56.6 Å². The molecule has 1 atom stereocenters. The number of sulfonamides is 1. The number of piperazine rings is 1. The molecule has 1 amide bonds. The number of anilines is 2. The van der Waals surface area contributed by atoms with Crippen LogP contribution in [0.3, 0.4) is 0 Å². The molecule has 4 N–H and O–H groups in total. The molecule has 79 heavy (non-hydrogen) atoms. The van der Waals surface area contributed by atoms with Crippen molar-refractivity contribution in [1.29, 1.82) is 0 Å². The molecule has 4 fully saturated rings. The van der Waals surface area contributed by atoms with Gasteiger partial charge in [-0.3, -0.25) is 24.7 Å². The summed E-state index contributed by atoms with van der Waals surface area (Å²) in [6, 6.07) is 20.8. The monoisotopic (exact) mass is 1100 g/mol. The normalized spacial score (nSPS) is 21.1. The van der Waals surface area contributed by atoms with Crippen LogP contribution in [0.1, 0.15) is 117 Å². The number of aliphatic hydroxyl groups is 1. The Kier molecular flexibility index (Phi) is 14.6. The van der Waals surface area contributed by atoms with Crippen molar-refractivity contribution in [3.05, 3.63) is 129 Å². The van der Waals surface area contributed by atoms with Gasteiger partial charge in [0.2, 0.25) is 5.82 Å². The highest BCUT2D eigenvalue weighted by Crippen LogP contribution is 2.53. The van der Waals surface area contributed by atoms with Crippen LogP contribution in [0.5, 0.6) is 17.2 Å². The summed E-state index contributed by atoms with van der Waals surface area (Å²) in [6.45, 7) is 13.5. The van der Waals surface area contributed by atoms with Gasteiger partial charge in [-0.25, -0.2) is 32.5 Å². The molecule has 2 saturated carbocycles. The summed E-state index contributed by atoms with van der Waals surface area (Å²) >= 11 is 0. The van der Waals surface area contributed by atoms with Gasteiger partial charge in [0, 0.05) is 88.8 Å². The highest BCUT2D eigenvalue weighted by molar-refractivity contribution is 7.90. The third-order valence-electron chi connectivity index (χ3n) is 17.0. The number of rotatable bonds is 16. The Bertz CT molecular complexity index is 3540. The number of methoxy groups -OCH3 is 1. The quantitative estimate of drug-likeness (QED) is 0.0520. The molecule has 1 spiro atoms. The third-order valence-corrected chi connectivity index (χ3v) is 18.3. The van der Waals surface area contributed by atoms with Gasteiger partial charge in [-0.05, 0) is 116 Å². The topological polar surface area (TPSA) is 234 Å². The van der Waals surface area contributed by atoms with Crippen LogP contribution < -0.4 is 24.4 Å². The van der Waals surface area contributed by atoms with Crippen molar-refractivity contribution in [3.8, 4) is 17.2 Å². The Morgan fingerprint density at radius 1 is 1.00 bits per heavy atom. The SMILES string of the molecule is COc1ccc(CN2CCN(C3CC4(CCN(c5ccc(C(=O)NS(=O)(=O)c6cnc(NCC7CCC(C)(O)CC7)c([N+](=O)[O-])c6)c(Oc6cnc7[nH]cc(F)c7c6)c5)CC4)C3)[C@H](c3ccccc3C(C)C)C2)c2nc(C)oc12. The van der Waals surface area contributed by atoms with Gasteiger partial charge in [-0.1, -0.05) is 44.2 Å². The first-order chi connectivity index (χ1) is 37.8. The number of nitro groups is 1. The maximum absolute atomic E-state index is 14.8. The number of hydrogen-bond acceptors (Lipinski definition) is 16. The number of oxazole rings is 1. The van der Waals surface area contributed by atoms with Gasteiger partial charge < -0.3 is 34.2 Å². The molecule has 7 aromatic rings. The lowest BCUT2D eigenvalue weighted by Crippen LogP contribution is -2.60. The summed E-state index contributed by atoms with van der Waals surface area (Å²) in [5.74, 6) is 0.174. The highest BCUT2D eigenvalue weighted by Gasteiger charge is 2.50. The van der Waals surface area contributed by atoms with Crippen molar-refractivity contribution >= 4 is 55.3 Å². The second-order valence-corrected chi connectivity index (χ2v) is 24.4. The van der Waals surface area contributed by atoms with E-state index in [2.05, 4.69) is 83.9 Å². The van der Waals surface area contributed by atoms with Crippen molar-refractivity contribution in [1.82, 2.24) is 34.5 Å². The zero-order chi connectivity index (χ0) is 55.4. The number of piperidine rings is 1. The van der Waals surface area contributed by atoms with E-state index < -0.39 is 42.9 Å². The predicted molar refractivity (Wildman–Crippen MR) is 297 cm³/mol. The summed E-state index contributed by atoms with van der Waals surface area (Å²) in [4.78, 5) is 48.5. The standard InChI is InChI=1S/C58H67FN10O9S/c1-35(2)43-8-6-7-9-44(43)49-34-66(33-38-10-13-50(76-5)53-52(38)64-36(3)77-53)22-23-68(49)40-27-58(28-40)18-20-67(21-19-58)39-11-12-45(51(24-39)78-41-25-46-47(59)32-63-54(46)61-30-41)56(70)65-79(74,75)42-26-48(69(72)73)55(62-31-42)60-29-37-14-16-57(4,71)17-15-37/h6-13,24-26,30-32,35,37,40,49,71H,14-23,27-29,33-34H2,1-5H3,(H,60,62)(H,61,63)(H,65,70)/t37?,49-,57?/m0/s1. The molecule has 3 aromatic carbocycles. The molecule has 19 nitrogen and oxygen atoms in total. The number of aromatic nitrogens is 4. The van der Waals surface area contributed by atoms with Gasteiger partial charge in [-0.15, -0.1) is 0 Å². The van der Waals surface area contributed by atoms with E-state index in [-0.39, 0.29) is 45.6 Å². The second kappa shape index (κ2) is 21.5. The molecule has 416 valence electrons. The summed E-state index contributed by atoms with van der Waals surface area (Å²) in [5, 5.41) is 25.7. The number of fused-ring (bicyclic) bond motifs is 2. The fraction of sp³-hybridized carbons (Fsp3) is 0.448. The number of benzene rings is 3. The number of aromatic amines is 1. The van der Waals surface area contributed by atoms with Crippen LogP contribution in [-0.4, -0.2) is 112 Å². The van der Waals surface area contributed by atoms with Crippen LogP contribution in [0.25, 0.3) is 22.1 Å². The van der Waals surface area contributed by atoms with E-state index >= 15 is 0 Å². The van der Waals surface area contributed by atoms with Crippen LogP contribution >= 0.6 is 0 Å². The second-order valence-electron chi connectivity index (χ2n) is 22.7. The van der Waals surface area contributed by atoms with E-state index in [1.165, 1.54) is 35.7 Å². The van der Waals surface area contributed by atoms with Crippen LogP contribution in [0, 0.1) is 34.2 Å². The largest absolute Gasteiger partial charge is 0.493 e. The van der Waals surface area contributed by atoms with Crippen LogP contribution in [0.15, 0.2) is 94.6 Å². The molecule has 2 aliphatic carbocycles. The van der Waals surface area contributed by atoms with Crippen molar-refractivity contribution in [2.24, 2.45) is 11.3 Å². The number of aryl methyl sites for hydroxylation is 1. The number of hydrogen-bond donors (Lipinski definition) is 4. The van der Waals surface area contributed by atoms with Gasteiger partial charge in [0.05, 0.1) is 41.0 Å². The number of H-pyrrole nitrogens is 1. The molecule has 2 aliphatic heterocycles. The van der Waals surface area contributed by atoms with E-state index in [4.69, 9.17) is 18.9 Å². The van der Waals surface area contributed by atoms with E-state index in [1.807, 2.05) is 13.0 Å². The number of amides is 1. The first-order valence-corrected chi connectivity index (χ1v) is 28.7. The Hall–Kier alpha value is -7.20. The lowest BCUT2D eigenvalue weighted by Gasteiger charge is -2.58. The van der Waals surface area contributed by atoms with E-state index in [9.17, 15) is 32.8 Å². The molecule has 4 aromatic heterocycles. The maximum Gasteiger partial charge on any atom is 0.312 e. The summed E-state index contributed by atoms with van der Waals surface area (Å²) in [6.07, 6.45) is 10.2. The Labute approximate surface area is 458 Å². The molecular weight excluding hydrogens is 1030 g/mol. The summed E-state index contributed by atoms with van der Waals surface area (Å²) in [5.41, 5.74) is 5.11. The number of nitrogens with zero attached hydrogens (tertiary/aromatic N) is 7. The molecule has 0 bridgehead atoms. The Morgan fingerprint density at radius 2 is 1.77 bits per heavy atom. The molecule has 0 unspecified atom stereocenters. The average molecular weight is 1100 g/mol. The van der Waals surface area contributed by atoms with Crippen molar-refractivity contribution in [2.45, 2.75) is 114 Å². The number of nitrogens with one attached hydrogen (secondary N) is 3. The first kappa shape index (κ1) is 53.8. The summed E-state index contributed by atoms with van der Waals surface area (Å²) < 4.78 is 62.4. The summed E-state index contributed by atoms with van der Waals surface area (Å²) in [7, 11) is -3.07. The Morgan fingerprint density at radius 3 is 2.52 bits per heavy atom. The molecular formula is C58H67FN10O9S. The van der Waals surface area contributed by atoms with Gasteiger partial charge >= 0.3 is 5.69 Å². The number of ether oxygens (including phenoxy) is 2. The fourth-order valence-electron chi connectivity index (χ4n) is 12.5. The van der Waals surface area contributed by atoms with Gasteiger partial charge in [-0.2, -0.15) is 0 Å². The average Bonchev–Trinajstić information content (AvgIpc) is 4.13. The number of pyridine rings is 2. The number of carbonyl (C=O) groups excluding carboxylic acids is 1. The van der Waals surface area contributed by atoms with E-state index in [0.717, 1.165) is 94.0 Å². The molecule has 4 aliphatic rings. The molecule has 2 saturated heterocycles. The number of halogens is 1. The van der Waals surface area contributed by atoms with Crippen molar-refractivity contribution < 1.29 is 41.5 Å². The van der Waals surface area contributed by atoms with E-state index in [1.54, 1.807) is 26.2 Å².